The van der Waals surface area contributed by atoms with E-state index >= 15 is 8.78 Å². The van der Waals surface area contributed by atoms with Gasteiger partial charge < -0.3 is 30.7 Å². The lowest BCUT2D eigenvalue weighted by Crippen LogP contribution is -2.58. The number of nitrogens with zero attached hydrogens (tertiary/aromatic N) is 5. The molecule has 0 unspecified atom stereocenters. The zero-order chi connectivity index (χ0) is 35.8. The van der Waals surface area contributed by atoms with Crippen molar-refractivity contribution in [3.8, 4) is 0 Å². The summed E-state index contributed by atoms with van der Waals surface area (Å²) in [6, 6.07) is 8.05. The van der Waals surface area contributed by atoms with Gasteiger partial charge in [-0.2, -0.15) is 13.2 Å². The summed E-state index contributed by atoms with van der Waals surface area (Å²) >= 11 is 0. The fourth-order valence-electron chi connectivity index (χ4n) is 7.46. The number of ether oxygens (including phenoxy) is 1. The minimum Gasteiger partial charge on any atom is -0.475 e. The van der Waals surface area contributed by atoms with Gasteiger partial charge in [-0.3, -0.25) is 9.69 Å². The SMILES string of the molecule is CNc1cc(N2CCc3c(CN4CCC5(CCNCC5)C(F)(F)C4)cccc32)nn2c(C(=O)N[C@@H]3CC[C@H]3OC)cnc12.O=C(O)C(F)(F)F. The standard InChI is InChI=1S/C31H40F2N8O2.C2HF3O2/c1-34-23-16-27(38-41-25(17-36-28(23)41)29(42)37-22-6-7-26(22)43-2)40-14-8-21-20(4-3-5-24(21)40)18-39-15-11-30(31(32,33)19-39)9-12-35-13-10-30;3-2(4,5)1(6)7/h3-5,16-17,22,26,34-35H,6-15,18-19H2,1-2H3,(H,37,42);(H,6,7)/t22-,26-;/m1./s1. The number of piperidine rings is 2. The van der Waals surface area contributed by atoms with Crippen LogP contribution in [-0.4, -0.2) is 108 Å². The predicted molar refractivity (Wildman–Crippen MR) is 174 cm³/mol. The van der Waals surface area contributed by atoms with Gasteiger partial charge in [0.25, 0.3) is 11.8 Å². The lowest BCUT2D eigenvalue weighted by atomic mass is 9.69. The van der Waals surface area contributed by atoms with E-state index in [2.05, 4.69) is 38.0 Å². The number of nitrogens with one attached hydrogen (secondary N) is 3. The lowest BCUT2D eigenvalue weighted by molar-refractivity contribution is -0.192. The molecule has 1 amide bonds. The first-order valence-electron chi connectivity index (χ1n) is 16.7. The summed E-state index contributed by atoms with van der Waals surface area (Å²) in [7, 11) is 3.49. The van der Waals surface area contributed by atoms with E-state index in [4.69, 9.17) is 19.7 Å². The van der Waals surface area contributed by atoms with Crippen molar-refractivity contribution in [1.29, 1.82) is 0 Å². The summed E-state index contributed by atoms with van der Waals surface area (Å²) in [5, 5.41) is 21.5. The number of carboxylic acid groups (broad SMARTS) is 1. The number of imidazole rings is 1. The summed E-state index contributed by atoms with van der Waals surface area (Å²) in [5.74, 6) is -5.00. The fourth-order valence-corrected chi connectivity index (χ4v) is 7.46. The maximum atomic E-state index is 15.5. The summed E-state index contributed by atoms with van der Waals surface area (Å²) in [5.41, 5.74) is 4.09. The Balaban J connectivity index is 0.000000561. The maximum Gasteiger partial charge on any atom is 0.490 e. The van der Waals surface area contributed by atoms with Crippen molar-refractivity contribution in [2.45, 2.75) is 69.3 Å². The summed E-state index contributed by atoms with van der Waals surface area (Å²) in [6.45, 7) is 3.05. The van der Waals surface area contributed by atoms with Crippen LogP contribution in [0.2, 0.25) is 0 Å². The van der Waals surface area contributed by atoms with Crippen LogP contribution in [0.4, 0.5) is 39.1 Å². The van der Waals surface area contributed by atoms with Crippen LogP contribution >= 0.6 is 0 Å². The predicted octanol–water partition coefficient (Wildman–Crippen LogP) is 4.22. The average molecular weight is 709 g/mol. The van der Waals surface area contributed by atoms with Gasteiger partial charge in [0.2, 0.25) is 0 Å². The number of likely N-dealkylation sites (tertiary alicyclic amines) is 1. The number of fused-ring (bicyclic) bond motifs is 2. The van der Waals surface area contributed by atoms with Crippen LogP contribution in [0.15, 0.2) is 30.5 Å². The highest BCUT2D eigenvalue weighted by Gasteiger charge is 2.56. The molecule has 272 valence electrons. The number of carboxylic acids is 1. The van der Waals surface area contributed by atoms with Crippen LogP contribution in [0.3, 0.4) is 0 Å². The van der Waals surface area contributed by atoms with Crippen LogP contribution in [0.5, 0.6) is 0 Å². The van der Waals surface area contributed by atoms with Crippen molar-refractivity contribution < 1.29 is 41.4 Å². The van der Waals surface area contributed by atoms with Gasteiger partial charge >= 0.3 is 12.1 Å². The number of hydrogen-bond donors (Lipinski definition) is 4. The minimum atomic E-state index is -5.08. The number of alkyl halides is 5. The molecule has 17 heteroatoms. The molecule has 2 atom stereocenters. The number of benzene rings is 1. The first-order chi connectivity index (χ1) is 23.8. The first-order valence-corrected chi connectivity index (χ1v) is 16.7. The Hall–Kier alpha value is -4.09. The number of anilines is 3. The molecule has 50 heavy (non-hydrogen) atoms. The quantitative estimate of drug-likeness (QED) is 0.265. The molecule has 1 spiro atoms. The molecule has 2 aromatic heterocycles. The third-order valence-electron chi connectivity index (χ3n) is 10.5. The number of carbonyl (C=O) groups is 2. The second-order valence-electron chi connectivity index (χ2n) is 13.3. The zero-order valence-electron chi connectivity index (χ0n) is 27.8. The molecular formula is C33H41F5N8O4. The van der Waals surface area contributed by atoms with Gasteiger partial charge in [-0.25, -0.2) is 23.1 Å². The number of aliphatic carboxylic acids is 1. The van der Waals surface area contributed by atoms with Crippen molar-refractivity contribution in [1.82, 2.24) is 30.1 Å². The Morgan fingerprint density at radius 3 is 2.50 bits per heavy atom. The number of methoxy groups -OCH3 is 1. The molecule has 4 N–H and O–H groups in total. The Morgan fingerprint density at radius 1 is 1.14 bits per heavy atom. The van der Waals surface area contributed by atoms with E-state index in [0.717, 1.165) is 36.2 Å². The smallest absolute Gasteiger partial charge is 0.475 e. The van der Waals surface area contributed by atoms with Gasteiger partial charge in [-0.15, -0.1) is 5.10 Å². The number of aromatic nitrogens is 3. The highest BCUT2D eigenvalue weighted by Crippen LogP contribution is 2.50. The molecular weight excluding hydrogens is 667 g/mol. The Morgan fingerprint density at radius 2 is 1.88 bits per heavy atom. The van der Waals surface area contributed by atoms with E-state index in [1.165, 1.54) is 5.56 Å². The molecule has 3 aliphatic heterocycles. The molecule has 5 heterocycles. The van der Waals surface area contributed by atoms with Crippen LogP contribution in [0, 0.1) is 5.41 Å². The molecule has 4 aliphatic rings. The molecule has 12 nitrogen and oxygen atoms in total. The first kappa shape index (κ1) is 35.7. The van der Waals surface area contributed by atoms with Gasteiger partial charge in [0.15, 0.2) is 17.2 Å². The molecule has 7 rings (SSSR count). The molecule has 0 radical (unpaired) electrons. The summed E-state index contributed by atoms with van der Waals surface area (Å²) in [6.07, 6.45) is 0.717. The molecule has 1 aromatic carbocycles. The Bertz CT molecular complexity index is 1730. The van der Waals surface area contributed by atoms with Gasteiger partial charge in [-0.05, 0) is 75.4 Å². The third kappa shape index (κ3) is 6.82. The van der Waals surface area contributed by atoms with E-state index < -0.39 is 23.5 Å². The second kappa shape index (κ2) is 13.9. The van der Waals surface area contributed by atoms with E-state index in [-0.39, 0.29) is 24.6 Å². The van der Waals surface area contributed by atoms with E-state index in [0.29, 0.717) is 69.1 Å². The largest absolute Gasteiger partial charge is 0.490 e. The number of amides is 1. The number of hydrogen-bond acceptors (Lipinski definition) is 9. The fraction of sp³-hybridized carbons (Fsp3) is 0.576. The number of carbonyl (C=O) groups excluding carboxylic acids is 1. The van der Waals surface area contributed by atoms with Crippen LogP contribution in [0.1, 0.15) is 53.7 Å². The topological polar surface area (TPSA) is 136 Å². The monoisotopic (exact) mass is 708 g/mol. The average Bonchev–Trinajstić information content (AvgIpc) is 3.70. The van der Waals surface area contributed by atoms with Crippen molar-refractivity contribution >= 4 is 34.7 Å². The van der Waals surface area contributed by atoms with Gasteiger partial charge in [0.05, 0.1) is 30.6 Å². The van der Waals surface area contributed by atoms with Crippen LogP contribution in [-0.2, 0) is 22.5 Å². The van der Waals surface area contributed by atoms with Gasteiger partial charge in [-0.1, -0.05) is 12.1 Å². The van der Waals surface area contributed by atoms with Crippen LogP contribution < -0.4 is 20.9 Å². The van der Waals surface area contributed by atoms with E-state index in [1.54, 1.807) is 17.8 Å². The highest BCUT2D eigenvalue weighted by molar-refractivity contribution is 5.94. The Labute approximate surface area is 285 Å². The third-order valence-corrected chi connectivity index (χ3v) is 10.5. The van der Waals surface area contributed by atoms with Gasteiger partial charge in [0.1, 0.15) is 0 Å². The minimum absolute atomic E-state index is 0.0241. The van der Waals surface area contributed by atoms with Gasteiger partial charge in [0, 0.05) is 44.4 Å². The number of halogens is 5. The maximum absolute atomic E-state index is 15.5. The molecule has 0 bridgehead atoms. The lowest BCUT2D eigenvalue weighted by Gasteiger charge is -2.49. The molecule has 3 aromatic rings. The van der Waals surface area contributed by atoms with E-state index in [1.807, 2.05) is 24.1 Å². The molecule has 2 saturated heterocycles. The van der Waals surface area contributed by atoms with Crippen molar-refractivity contribution in [3.63, 3.8) is 0 Å². The molecule has 3 fully saturated rings. The molecule has 1 saturated carbocycles. The van der Waals surface area contributed by atoms with Crippen molar-refractivity contribution in [3.05, 3.63) is 47.3 Å². The van der Waals surface area contributed by atoms with Crippen molar-refractivity contribution in [2.24, 2.45) is 5.41 Å². The number of rotatable bonds is 7. The summed E-state index contributed by atoms with van der Waals surface area (Å²) in [4.78, 5) is 30.7. The highest BCUT2D eigenvalue weighted by atomic mass is 19.4. The Kier molecular flexibility index (Phi) is 9.94. The summed E-state index contributed by atoms with van der Waals surface area (Å²) < 4.78 is 69.8. The van der Waals surface area contributed by atoms with E-state index in [9.17, 15) is 18.0 Å². The normalized spacial score (nSPS) is 22.7. The zero-order valence-corrected chi connectivity index (χ0v) is 27.8. The second-order valence-corrected chi connectivity index (χ2v) is 13.3. The molecule has 1 aliphatic carbocycles. The van der Waals surface area contributed by atoms with Crippen LogP contribution in [0.25, 0.3) is 5.65 Å². The van der Waals surface area contributed by atoms with Crippen molar-refractivity contribution in [2.75, 3.05) is 57.1 Å².